The van der Waals surface area contributed by atoms with Gasteiger partial charge in [0.05, 0.1) is 6.26 Å². The van der Waals surface area contributed by atoms with Crippen molar-refractivity contribution in [3.8, 4) is 0 Å². The highest BCUT2D eigenvalue weighted by molar-refractivity contribution is 7.99. The molecular weight excluding hydrogens is 222 g/mol. The summed E-state index contributed by atoms with van der Waals surface area (Å²) in [7, 11) is 0. The summed E-state index contributed by atoms with van der Waals surface area (Å²) in [5, 5.41) is 3.55. The summed E-state index contributed by atoms with van der Waals surface area (Å²) in [5.41, 5.74) is 0. The molecule has 1 aliphatic rings. The third-order valence-corrected chi connectivity index (χ3v) is 3.82. The van der Waals surface area contributed by atoms with Crippen molar-refractivity contribution < 1.29 is 9.15 Å². The first-order valence-corrected chi connectivity index (χ1v) is 7.02. The second-order valence-corrected chi connectivity index (χ2v) is 5.15. The van der Waals surface area contributed by atoms with Crippen LogP contribution >= 0.6 is 11.8 Å². The van der Waals surface area contributed by atoms with Gasteiger partial charge in [0.2, 0.25) is 0 Å². The summed E-state index contributed by atoms with van der Waals surface area (Å²) < 4.78 is 10.7. The first-order chi connectivity index (χ1) is 7.95. The van der Waals surface area contributed by atoms with E-state index in [0.29, 0.717) is 6.61 Å². The standard InChI is InChI=1S/C12H19NO2S/c1-3-12(15-7-1)9-14-6-2-5-13-11-4-8-16-10-11/h1,3,7,11,13H,2,4-6,8-10H2. The molecule has 4 heteroatoms. The molecule has 2 heterocycles. The van der Waals surface area contributed by atoms with E-state index in [1.54, 1.807) is 6.26 Å². The lowest BCUT2D eigenvalue weighted by Gasteiger charge is -2.10. The van der Waals surface area contributed by atoms with E-state index in [2.05, 4.69) is 5.32 Å². The summed E-state index contributed by atoms with van der Waals surface area (Å²) in [4.78, 5) is 0. The SMILES string of the molecule is c1coc(COCCCNC2CCSC2)c1. The van der Waals surface area contributed by atoms with Crippen LogP contribution in [0.2, 0.25) is 0 Å². The summed E-state index contributed by atoms with van der Waals surface area (Å²) in [6.07, 6.45) is 4.07. The fourth-order valence-electron chi connectivity index (χ4n) is 1.74. The normalized spacial score (nSPS) is 20.4. The summed E-state index contributed by atoms with van der Waals surface area (Å²) in [6.45, 7) is 2.45. The van der Waals surface area contributed by atoms with E-state index in [-0.39, 0.29) is 0 Å². The van der Waals surface area contributed by atoms with E-state index >= 15 is 0 Å². The quantitative estimate of drug-likeness (QED) is 0.743. The summed E-state index contributed by atoms with van der Waals surface area (Å²) in [6, 6.07) is 4.56. The van der Waals surface area contributed by atoms with Gasteiger partial charge in [-0.15, -0.1) is 0 Å². The van der Waals surface area contributed by atoms with E-state index in [9.17, 15) is 0 Å². The molecule has 1 aromatic rings. The highest BCUT2D eigenvalue weighted by Crippen LogP contribution is 2.16. The average Bonchev–Trinajstić information content (AvgIpc) is 2.96. The Kier molecular flexibility index (Phi) is 5.25. The van der Waals surface area contributed by atoms with E-state index in [4.69, 9.17) is 9.15 Å². The van der Waals surface area contributed by atoms with Gasteiger partial charge >= 0.3 is 0 Å². The minimum atomic E-state index is 0.590. The van der Waals surface area contributed by atoms with E-state index < -0.39 is 0 Å². The lowest BCUT2D eigenvalue weighted by Crippen LogP contribution is -2.29. The Morgan fingerprint density at radius 1 is 1.56 bits per heavy atom. The molecule has 90 valence electrons. The van der Waals surface area contributed by atoms with Crippen molar-refractivity contribution in [2.75, 3.05) is 24.7 Å². The zero-order chi connectivity index (χ0) is 11.1. The van der Waals surface area contributed by atoms with Crippen LogP contribution in [0, 0.1) is 0 Å². The van der Waals surface area contributed by atoms with Crippen LogP contribution in [0.4, 0.5) is 0 Å². The number of rotatable bonds is 7. The maximum absolute atomic E-state index is 5.50. The molecule has 1 aromatic heterocycles. The number of ether oxygens (including phenoxy) is 1. The predicted octanol–water partition coefficient (Wildman–Crippen LogP) is 2.28. The van der Waals surface area contributed by atoms with Gasteiger partial charge in [0, 0.05) is 18.4 Å². The maximum atomic E-state index is 5.50. The van der Waals surface area contributed by atoms with Crippen LogP contribution in [-0.2, 0) is 11.3 Å². The Hall–Kier alpha value is -0.450. The van der Waals surface area contributed by atoms with E-state index in [0.717, 1.165) is 31.4 Å². The highest BCUT2D eigenvalue weighted by atomic mass is 32.2. The molecule has 2 rings (SSSR count). The molecule has 1 unspecified atom stereocenters. The molecule has 16 heavy (non-hydrogen) atoms. The topological polar surface area (TPSA) is 34.4 Å². The van der Waals surface area contributed by atoms with Crippen LogP contribution in [0.1, 0.15) is 18.6 Å². The molecule has 0 bridgehead atoms. The van der Waals surface area contributed by atoms with Gasteiger partial charge in [-0.2, -0.15) is 11.8 Å². The zero-order valence-corrected chi connectivity index (χ0v) is 10.3. The van der Waals surface area contributed by atoms with Crippen LogP contribution < -0.4 is 5.32 Å². The molecule has 3 nitrogen and oxygen atoms in total. The third-order valence-electron chi connectivity index (χ3n) is 2.65. The monoisotopic (exact) mass is 241 g/mol. The zero-order valence-electron chi connectivity index (χ0n) is 9.48. The number of hydrogen-bond donors (Lipinski definition) is 1. The van der Waals surface area contributed by atoms with Gasteiger partial charge in [-0.25, -0.2) is 0 Å². The second-order valence-electron chi connectivity index (χ2n) is 4.00. The van der Waals surface area contributed by atoms with Crippen molar-refractivity contribution >= 4 is 11.8 Å². The molecular formula is C12H19NO2S. The van der Waals surface area contributed by atoms with Crippen molar-refractivity contribution in [2.45, 2.75) is 25.5 Å². The second kappa shape index (κ2) is 6.99. The number of furan rings is 1. The van der Waals surface area contributed by atoms with Gasteiger partial charge < -0.3 is 14.5 Å². The first-order valence-electron chi connectivity index (χ1n) is 5.86. The van der Waals surface area contributed by atoms with Crippen molar-refractivity contribution in [2.24, 2.45) is 0 Å². The molecule has 1 atom stereocenters. The molecule has 1 aliphatic heterocycles. The Labute approximate surface area is 101 Å². The molecule has 1 N–H and O–H groups in total. The van der Waals surface area contributed by atoms with Crippen LogP contribution in [0.25, 0.3) is 0 Å². The van der Waals surface area contributed by atoms with Crippen LogP contribution in [-0.4, -0.2) is 30.7 Å². The van der Waals surface area contributed by atoms with Gasteiger partial charge in [0.1, 0.15) is 12.4 Å². The number of nitrogens with one attached hydrogen (secondary N) is 1. The lowest BCUT2D eigenvalue weighted by atomic mass is 10.2. The largest absolute Gasteiger partial charge is 0.467 e. The average molecular weight is 241 g/mol. The van der Waals surface area contributed by atoms with Gasteiger partial charge in [-0.3, -0.25) is 0 Å². The molecule has 1 saturated heterocycles. The number of hydrogen-bond acceptors (Lipinski definition) is 4. The fourth-order valence-corrected chi connectivity index (χ4v) is 2.93. The van der Waals surface area contributed by atoms with E-state index in [1.807, 2.05) is 23.9 Å². The first kappa shape index (κ1) is 12.0. The Bertz CT molecular complexity index is 271. The van der Waals surface area contributed by atoms with Crippen molar-refractivity contribution in [3.05, 3.63) is 24.2 Å². The molecule has 0 saturated carbocycles. The Morgan fingerprint density at radius 2 is 2.56 bits per heavy atom. The van der Waals surface area contributed by atoms with Crippen molar-refractivity contribution in [3.63, 3.8) is 0 Å². The maximum Gasteiger partial charge on any atom is 0.129 e. The number of thioether (sulfide) groups is 1. The van der Waals surface area contributed by atoms with Gasteiger partial charge in [-0.05, 0) is 37.3 Å². The Morgan fingerprint density at radius 3 is 3.31 bits per heavy atom. The summed E-state index contributed by atoms with van der Waals surface area (Å²) in [5.74, 6) is 3.49. The third kappa shape index (κ3) is 4.20. The van der Waals surface area contributed by atoms with Crippen LogP contribution in [0.3, 0.4) is 0 Å². The van der Waals surface area contributed by atoms with Gasteiger partial charge in [0.25, 0.3) is 0 Å². The minimum absolute atomic E-state index is 0.590. The van der Waals surface area contributed by atoms with Gasteiger partial charge in [-0.1, -0.05) is 0 Å². The van der Waals surface area contributed by atoms with E-state index in [1.165, 1.54) is 17.9 Å². The molecule has 0 aromatic carbocycles. The molecule has 0 spiro atoms. The predicted molar refractivity (Wildman–Crippen MR) is 66.7 cm³/mol. The highest BCUT2D eigenvalue weighted by Gasteiger charge is 2.13. The minimum Gasteiger partial charge on any atom is -0.467 e. The lowest BCUT2D eigenvalue weighted by molar-refractivity contribution is 0.104. The molecule has 0 radical (unpaired) electrons. The van der Waals surface area contributed by atoms with Crippen molar-refractivity contribution in [1.82, 2.24) is 5.32 Å². The smallest absolute Gasteiger partial charge is 0.129 e. The fraction of sp³-hybridized carbons (Fsp3) is 0.667. The molecule has 0 amide bonds. The van der Waals surface area contributed by atoms with Crippen molar-refractivity contribution in [1.29, 1.82) is 0 Å². The summed E-state index contributed by atoms with van der Waals surface area (Å²) >= 11 is 2.04. The molecule has 1 fully saturated rings. The van der Waals surface area contributed by atoms with Crippen LogP contribution in [0.5, 0.6) is 0 Å². The Balaban J connectivity index is 1.43. The van der Waals surface area contributed by atoms with Gasteiger partial charge in [0.15, 0.2) is 0 Å². The van der Waals surface area contributed by atoms with Crippen LogP contribution in [0.15, 0.2) is 22.8 Å². The molecule has 0 aliphatic carbocycles.